The minimum Gasteiger partial charge on any atom is -0.328 e. The van der Waals surface area contributed by atoms with E-state index in [1.807, 2.05) is 0 Å². The maximum Gasteiger partial charge on any atom is 0.00443 e. The lowest BCUT2D eigenvalue weighted by Crippen LogP contribution is -2.21. The molecular weight excluding hydrogens is 206 g/mol. The highest BCUT2D eigenvalue weighted by molar-refractivity contribution is 5.35. The molecule has 92 valence electrons. The fourth-order valence-corrected chi connectivity index (χ4v) is 3.76. The third-order valence-corrected chi connectivity index (χ3v) is 4.67. The van der Waals surface area contributed by atoms with Crippen molar-refractivity contribution in [1.29, 1.82) is 0 Å². The van der Waals surface area contributed by atoms with Crippen LogP contribution in [0.5, 0.6) is 0 Å². The summed E-state index contributed by atoms with van der Waals surface area (Å²) in [5.41, 5.74) is 11.2. The summed E-state index contributed by atoms with van der Waals surface area (Å²) in [6.07, 6.45) is 8.85. The van der Waals surface area contributed by atoms with E-state index in [4.69, 9.17) is 5.73 Å². The molecule has 0 aliphatic heterocycles. The van der Waals surface area contributed by atoms with Gasteiger partial charge < -0.3 is 5.73 Å². The van der Waals surface area contributed by atoms with Crippen molar-refractivity contribution in [2.75, 3.05) is 0 Å². The normalized spacial score (nSPS) is 31.8. The van der Waals surface area contributed by atoms with E-state index in [2.05, 4.69) is 25.1 Å². The second-order valence-electron chi connectivity index (χ2n) is 6.45. The summed E-state index contributed by atoms with van der Waals surface area (Å²) < 4.78 is 0. The molecule has 1 nitrogen and oxygen atoms in total. The van der Waals surface area contributed by atoms with Gasteiger partial charge in [-0.25, -0.2) is 0 Å². The molecule has 2 aliphatic rings. The van der Waals surface area contributed by atoms with Gasteiger partial charge in [0.2, 0.25) is 0 Å². The molecule has 1 aromatic rings. The first-order valence-corrected chi connectivity index (χ1v) is 7.01. The number of benzene rings is 1. The summed E-state index contributed by atoms with van der Waals surface area (Å²) in [5.74, 6) is 0. The van der Waals surface area contributed by atoms with Crippen LogP contribution in [0.2, 0.25) is 0 Å². The SMILES string of the molecule is CC1(Cc2ccc3c(c2)CCC3)CCC(N)C1. The van der Waals surface area contributed by atoms with Crippen LogP contribution in [0.25, 0.3) is 0 Å². The molecule has 0 bridgehead atoms. The first-order chi connectivity index (χ1) is 8.15. The molecule has 2 unspecified atom stereocenters. The van der Waals surface area contributed by atoms with Gasteiger partial charge in [-0.05, 0) is 67.1 Å². The quantitative estimate of drug-likeness (QED) is 0.828. The van der Waals surface area contributed by atoms with Crippen molar-refractivity contribution >= 4 is 0 Å². The van der Waals surface area contributed by atoms with Crippen molar-refractivity contribution < 1.29 is 0 Å². The summed E-state index contributed by atoms with van der Waals surface area (Å²) >= 11 is 0. The Kier molecular flexibility index (Phi) is 2.74. The molecule has 2 N–H and O–H groups in total. The zero-order valence-electron chi connectivity index (χ0n) is 10.8. The fraction of sp³-hybridized carbons (Fsp3) is 0.625. The number of hydrogen-bond donors (Lipinski definition) is 1. The lowest BCUT2D eigenvalue weighted by atomic mass is 9.81. The van der Waals surface area contributed by atoms with E-state index in [-0.39, 0.29) is 0 Å². The Morgan fingerprint density at radius 1 is 1.29 bits per heavy atom. The van der Waals surface area contributed by atoms with Crippen LogP contribution in [0, 0.1) is 5.41 Å². The molecule has 0 heterocycles. The highest BCUT2D eigenvalue weighted by Gasteiger charge is 2.33. The van der Waals surface area contributed by atoms with Crippen molar-refractivity contribution in [3.05, 3.63) is 34.9 Å². The van der Waals surface area contributed by atoms with E-state index in [1.54, 1.807) is 11.1 Å². The molecule has 17 heavy (non-hydrogen) atoms. The average Bonchev–Trinajstić information content (AvgIpc) is 2.85. The van der Waals surface area contributed by atoms with Gasteiger partial charge in [-0.1, -0.05) is 25.1 Å². The first-order valence-electron chi connectivity index (χ1n) is 7.01. The molecule has 0 radical (unpaired) electrons. The number of nitrogens with two attached hydrogens (primary N) is 1. The second kappa shape index (κ2) is 4.13. The molecule has 1 heteroatoms. The lowest BCUT2D eigenvalue weighted by Gasteiger charge is -2.24. The molecule has 3 rings (SSSR count). The van der Waals surface area contributed by atoms with Crippen molar-refractivity contribution in [2.45, 2.75) is 57.9 Å². The van der Waals surface area contributed by atoms with E-state index >= 15 is 0 Å². The van der Waals surface area contributed by atoms with Crippen LogP contribution < -0.4 is 5.73 Å². The molecule has 0 amide bonds. The number of hydrogen-bond acceptors (Lipinski definition) is 1. The molecule has 1 saturated carbocycles. The van der Waals surface area contributed by atoms with Crippen molar-refractivity contribution in [3.63, 3.8) is 0 Å². The first kappa shape index (κ1) is 11.3. The van der Waals surface area contributed by atoms with E-state index in [0.717, 1.165) is 0 Å². The van der Waals surface area contributed by atoms with E-state index in [1.165, 1.54) is 50.5 Å². The van der Waals surface area contributed by atoms with Gasteiger partial charge in [-0.15, -0.1) is 0 Å². The van der Waals surface area contributed by atoms with Gasteiger partial charge in [0.05, 0.1) is 0 Å². The minimum atomic E-state index is 0.439. The van der Waals surface area contributed by atoms with Crippen molar-refractivity contribution in [3.8, 4) is 0 Å². The van der Waals surface area contributed by atoms with Crippen LogP contribution in [-0.2, 0) is 19.3 Å². The largest absolute Gasteiger partial charge is 0.328 e. The number of rotatable bonds is 2. The zero-order chi connectivity index (χ0) is 11.9. The smallest absolute Gasteiger partial charge is 0.00443 e. The highest BCUT2D eigenvalue weighted by atomic mass is 14.7. The maximum atomic E-state index is 6.05. The Labute approximate surface area is 104 Å². The molecule has 2 aliphatic carbocycles. The Bertz CT molecular complexity index is 424. The average molecular weight is 229 g/mol. The number of aryl methyl sites for hydroxylation is 2. The van der Waals surface area contributed by atoms with Gasteiger partial charge in [0, 0.05) is 6.04 Å². The van der Waals surface area contributed by atoms with Crippen LogP contribution >= 0.6 is 0 Å². The standard InChI is InChI=1S/C16H23N/c1-16(8-7-15(17)11-16)10-12-5-6-13-3-2-4-14(13)9-12/h5-6,9,15H,2-4,7-8,10-11,17H2,1H3. The summed E-state index contributed by atoms with van der Waals surface area (Å²) in [6, 6.07) is 7.60. The van der Waals surface area contributed by atoms with E-state index < -0.39 is 0 Å². The molecule has 2 atom stereocenters. The van der Waals surface area contributed by atoms with Crippen molar-refractivity contribution in [1.82, 2.24) is 0 Å². The van der Waals surface area contributed by atoms with Crippen molar-refractivity contribution in [2.24, 2.45) is 11.1 Å². The summed E-state index contributed by atoms with van der Waals surface area (Å²) in [6.45, 7) is 2.41. The Morgan fingerprint density at radius 2 is 2.12 bits per heavy atom. The predicted molar refractivity (Wildman–Crippen MR) is 72.1 cm³/mol. The molecular formula is C16H23N. The highest BCUT2D eigenvalue weighted by Crippen LogP contribution is 2.40. The molecule has 0 aromatic heterocycles. The van der Waals surface area contributed by atoms with Gasteiger partial charge in [-0.3, -0.25) is 0 Å². The summed E-state index contributed by atoms with van der Waals surface area (Å²) in [7, 11) is 0. The third-order valence-electron chi connectivity index (χ3n) is 4.67. The van der Waals surface area contributed by atoms with Gasteiger partial charge >= 0.3 is 0 Å². The molecule has 1 fully saturated rings. The van der Waals surface area contributed by atoms with Crippen LogP contribution in [0.3, 0.4) is 0 Å². The lowest BCUT2D eigenvalue weighted by molar-refractivity contribution is 0.329. The molecule has 1 aromatic carbocycles. The Hall–Kier alpha value is -0.820. The van der Waals surface area contributed by atoms with E-state index in [0.29, 0.717) is 11.5 Å². The topological polar surface area (TPSA) is 26.0 Å². The van der Waals surface area contributed by atoms with Crippen LogP contribution in [0.15, 0.2) is 18.2 Å². The molecule has 0 saturated heterocycles. The van der Waals surface area contributed by atoms with Gasteiger partial charge in [0.15, 0.2) is 0 Å². The van der Waals surface area contributed by atoms with Crippen LogP contribution in [0.1, 0.15) is 49.3 Å². The maximum absolute atomic E-state index is 6.05. The fourth-order valence-electron chi connectivity index (χ4n) is 3.76. The van der Waals surface area contributed by atoms with Gasteiger partial charge in [0.1, 0.15) is 0 Å². The number of fused-ring (bicyclic) bond motifs is 1. The summed E-state index contributed by atoms with van der Waals surface area (Å²) in [4.78, 5) is 0. The Balaban J connectivity index is 1.77. The van der Waals surface area contributed by atoms with Gasteiger partial charge in [-0.2, -0.15) is 0 Å². The second-order valence-corrected chi connectivity index (χ2v) is 6.45. The predicted octanol–water partition coefficient (Wildman–Crippen LogP) is 3.24. The third kappa shape index (κ3) is 2.26. The van der Waals surface area contributed by atoms with Crippen LogP contribution in [0.4, 0.5) is 0 Å². The summed E-state index contributed by atoms with van der Waals surface area (Å²) in [5, 5.41) is 0. The zero-order valence-corrected chi connectivity index (χ0v) is 10.8. The van der Waals surface area contributed by atoms with E-state index in [9.17, 15) is 0 Å². The Morgan fingerprint density at radius 3 is 2.88 bits per heavy atom. The minimum absolute atomic E-state index is 0.439. The van der Waals surface area contributed by atoms with Crippen LogP contribution in [-0.4, -0.2) is 6.04 Å². The van der Waals surface area contributed by atoms with Gasteiger partial charge in [0.25, 0.3) is 0 Å². The molecule has 0 spiro atoms. The monoisotopic (exact) mass is 229 g/mol.